The number of nitrogens with one attached hydrogen (secondary N) is 13. The van der Waals surface area contributed by atoms with E-state index in [-0.39, 0.29) is 50.3 Å². The number of sulfonamides is 3. The van der Waals surface area contributed by atoms with Gasteiger partial charge in [-0.1, -0.05) is 67.6 Å². The summed E-state index contributed by atoms with van der Waals surface area (Å²) in [7, 11) is 15.1. The summed E-state index contributed by atoms with van der Waals surface area (Å²) in [6.45, 7) is 6.18. The van der Waals surface area contributed by atoms with Gasteiger partial charge >= 0.3 is 12.1 Å². The number of carbonyl (C=O) groups is 5. The molecular formula is C76H105F3N24O12S4. The van der Waals surface area contributed by atoms with Crippen molar-refractivity contribution < 1.29 is 67.1 Å². The number of halogens is 3. The van der Waals surface area contributed by atoms with Crippen molar-refractivity contribution in [1.82, 2.24) is 75.5 Å². The molecule has 0 saturated heterocycles. The van der Waals surface area contributed by atoms with Crippen molar-refractivity contribution in [3.8, 4) is 22.8 Å². The number of likely N-dealkylation sites (N-methyl/N-ethyl adjacent to an activating group) is 1. The third-order valence-corrected chi connectivity index (χ3v) is 20.6. The fourth-order valence-electron chi connectivity index (χ4n) is 9.38. The monoisotopic (exact) mass is 1730 g/mol. The number of ether oxygens (including phenoxy) is 1. The van der Waals surface area contributed by atoms with Crippen molar-refractivity contribution in [3.05, 3.63) is 191 Å². The number of nitrogens with zero attached hydrogens (tertiary/aromatic N) is 11. The van der Waals surface area contributed by atoms with E-state index in [4.69, 9.17) is 4.74 Å². The summed E-state index contributed by atoms with van der Waals surface area (Å²) in [6.07, 6.45) is -1.82. The van der Waals surface area contributed by atoms with E-state index in [0.717, 1.165) is 73.8 Å². The molecule has 4 amide bonds. The van der Waals surface area contributed by atoms with Crippen LogP contribution >= 0.6 is 11.3 Å². The first-order chi connectivity index (χ1) is 56.3. The van der Waals surface area contributed by atoms with Crippen LogP contribution in [0.5, 0.6) is 0 Å². The van der Waals surface area contributed by atoms with Crippen molar-refractivity contribution in [2.24, 2.45) is 14.1 Å². The van der Waals surface area contributed by atoms with Gasteiger partial charge in [-0.25, -0.2) is 49.2 Å². The van der Waals surface area contributed by atoms with Crippen LogP contribution in [0, 0.1) is 0 Å². The molecule has 3 aromatic heterocycles. The summed E-state index contributed by atoms with van der Waals surface area (Å²) in [4.78, 5) is 64.5. The van der Waals surface area contributed by atoms with Crippen LogP contribution in [-0.4, -0.2) is 229 Å². The summed E-state index contributed by atoms with van der Waals surface area (Å²) in [6, 6.07) is 44.3. The SMILES string of the molecule is CCNS(=O)(=O)c1cccc(NC)c1.CCNS(=O)(=O)c1cccc(NC)c1.CCOC(=O)c1nnc(NC)s1.CNC(=O)c1cc(NC)cc(C(=O)NC)c1.CNC(=O)c1cc(NC)cc(C(F)(F)F)c1.CNc1cccc(-c2ncnn2C)c1.CNc1cccc(-c2nnn(C)n2)c1.CNc1cccc(N(CC(=O)N(C)C)S(C)(=O)=O)c1. The van der Waals surface area contributed by atoms with Gasteiger partial charge in [0.05, 0.1) is 41.0 Å². The van der Waals surface area contributed by atoms with Crippen LogP contribution in [0.1, 0.15) is 67.2 Å². The van der Waals surface area contributed by atoms with E-state index < -0.39 is 53.7 Å². The Morgan fingerprint density at radius 2 is 0.933 bits per heavy atom. The number of esters is 1. The Hall–Kier alpha value is -12.6. The first kappa shape index (κ1) is 101. The zero-order valence-corrected chi connectivity index (χ0v) is 72.8. The molecule has 0 aliphatic carbocycles. The first-order valence-corrected chi connectivity index (χ1v) is 41.7. The molecular weight excluding hydrogens is 1630 g/mol. The molecule has 3 heterocycles. The van der Waals surface area contributed by atoms with Gasteiger partial charge in [-0.05, 0) is 127 Å². The molecule has 36 nitrogen and oxygen atoms in total. The van der Waals surface area contributed by atoms with Crippen LogP contribution in [0.15, 0.2) is 174 Å². The number of hydrogen-bond donors (Lipinski definition) is 13. The van der Waals surface area contributed by atoms with Gasteiger partial charge in [0.2, 0.25) is 51.9 Å². The van der Waals surface area contributed by atoms with Crippen LogP contribution in [0.25, 0.3) is 22.8 Å². The summed E-state index contributed by atoms with van der Waals surface area (Å²) >= 11 is 1.17. The fraction of sp³-hybridized carbons (Fsp3) is 0.316. The fourth-order valence-corrected chi connectivity index (χ4v) is 13.0. The lowest BCUT2D eigenvalue weighted by Crippen LogP contribution is -2.39. The highest BCUT2D eigenvalue weighted by atomic mass is 32.2. The number of rotatable bonds is 25. The summed E-state index contributed by atoms with van der Waals surface area (Å²) < 4.78 is 120. The highest BCUT2D eigenvalue weighted by molar-refractivity contribution is 7.92. The molecule has 7 aromatic carbocycles. The topological polar surface area (TPSA) is 460 Å². The van der Waals surface area contributed by atoms with Crippen LogP contribution in [-0.2, 0) is 59.9 Å². The minimum Gasteiger partial charge on any atom is -0.461 e. The molecule has 646 valence electrons. The second-order valence-electron chi connectivity index (χ2n) is 24.1. The number of aromatic nitrogens is 9. The molecule has 10 rings (SSSR count). The molecule has 13 N–H and O–H groups in total. The van der Waals surface area contributed by atoms with E-state index in [1.807, 2.05) is 87.9 Å². The summed E-state index contributed by atoms with van der Waals surface area (Å²) in [5.74, 6) is -0.171. The third-order valence-electron chi connectivity index (χ3n) is 15.5. The Labute approximate surface area is 696 Å². The Morgan fingerprint density at radius 3 is 1.32 bits per heavy atom. The number of alkyl halides is 3. The number of carbonyl (C=O) groups excluding carboxylic acids is 5. The maximum absolute atomic E-state index is 12.5. The second kappa shape index (κ2) is 50.1. The van der Waals surface area contributed by atoms with Crippen molar-refractivity contribution in [2.45, 2.75) is 36.7 Å². The summed E-state index contributed by atoms with van der Waals surface area (Å²) in [5, 5.41) is 54.5. The first-order valence-electron chi connectivity index (χ1n) is 36.1. The maximum atomic E-state index is 12.5. The average Bonchev–Trinajstić information content (AvgIpc) is 1.73. The number of anilines is 9. The molecule has 0 saturated carbocycles. The molecule has 0 unspecified atom stereocenters. The lowest BCUT2D eigenvalue weighted by atomic mass is 10.1. The van der Waals surface area contributed by atoms with Gasteiger partial charge in [0.1, 0.15) is 12.9 Å². The van der Waals surface area contributed by atoms with E-state index in [0.29, 0.717) is 47.5 Å². The molecule has 0 bridgehead atoms. The molecule has 0 radical (unpaired) electrons. The zero-order valence-electron chi connectivity index (χ0n) is 69.5. The quantitative estimate of drug-likeness (QED) is 0.0239. The van der Waals surface area contributed by atoms with Crippen LogP contribution in [0.4, 0.5) is 63.8 Å². The van der Waals surface area contributed by atoms with Gasteiger partial charge in [0.15, 0.2) is 5.82 Å². The smallest absolute Gasteiger partial charge is 0.416 e. The minimum atomic E-state index is -4.46. The Kier molecular flexibility index (Phi) is 42.4. The molecule has 0 aliphatic heterocycles. The zero-order chi connectivity index (χ0) is 89.2. The largest absolute Gasteiger partial charge is 0.461 e. The molecule has 0 aliphatic rings. The van der Waals surface area contributed by atoms with Gasteiger partial charge in [-0.2, -0.15) is 23.1 Å². The maximum Gasteiger partial charge on any atom is 0.416 e. The van der Waals surface area contributed by atoms with Crippen molar-refractivity contribution >= 4 is 122 Å². The van der Waals surface area contributed by atoms with Gasteiger partial charge < -0.3 is 68.1 Å². The number of hydrogen-bond acceptors (Lipinski definition) is 28. The van der Waals surface area contributed by atoms with E-state index in [9.17, 15) is 62.4 Å². The second-order valence-corrected chi connectivity index (χ2v) is 30.5. The number of aryl methyl sites for hydroxylation is 2. The van der Waals surface area contributed by atoms with Gasteiger partial charge in [-0.3, -0.25) is 23.5 Å². The molecule has 0 atom stereocenters. The Morgan fingerprint density at radius 1 is 0.504 bits per heavy atom. The molecule has 119 heavy (non-hydrogen) atoms. The van der Waals surface area contributed by atoms with Crippen molar-refractivity contribution in [1.29, 1.82) is 0 Å². The van der Waals surface area contributed by atoms with Crippen molar-refractivity contribution in [2.75, 3.05) is 171 Å². The molecule has 10 aromatic rings. The van der Waals surface area contributed by atoms with Crippen LogP contribution < -0.4 is 72.2 Å². The van der Waals surface area contributed by atoms with E-state index >= 15 is 0 Å². The predicted octanol–water partition coefficient (Wildman–Crippen LogP) is 8.39. The normalized spacial score (nSPS) is 10.5. The Bertz CT molecular complexity index is 5140. The predicted molar refractivity (Wildman–Crippen MR) is 463 cm³/mol. The molecule has 43 heteroatoms. The van der Waals surface area contributed by atoms with Crippen LogP contribution in [0.2, 0.25) is 0 Å². The lowest BCUT2D eigenvalue weighted by Gasteiger charge is -2.24. The number of amides is 4. The minimum absolute atomic E-state index is 0.0262. The number of benzene rings is 7. The lowest BCUT2D eigenvalue weighted by molar-refractivity contribution is -0.137. The molecule has 0 fully saturated rings. The highest BCUT2D eigenvalue weighted by Crippen LogP contribution is 2.32. The summed E-state index contributed by atoms with van der Waals surface area (Å²) in [5.41, 5.74) is 7.94. The Balaban J connectivity index is 0.000000352. The van der Waals surface area contributed by atoms with E-state index in [1.54, 1.807) is 175 Å². The van der Waals surface area contributed by atoms with Gasteiger partial charge in [0, 0.05) is 179 Å². The standard InChI is InChI=1S/C12H19N3O3S.C11H15N3O2.C10H11F3N2O.C10H12N4.C9H11N5.2C9H14N2O2S.C6H9N3O2S/c1-13-10-6-5-7-11(8-10)15(19(4,17)18)9-12(16)14(2)3;1-12-9-5-7(10(15)13-2)4-8(6-9)11(16)14-3;1-14-8-4-6(9(16)15-2)3-7(5-8)10(11,12)13;1-11-9-5-3-4-8(6-9)10-12-7-13-14(10)2;1-10-8-5-3-4-7(6-8)9-11-13-14(2)12-9;2*1-3-11-14(12,13)9-6-4-5-8(7-9)10-2;1-3-11-5(10)4-8-9-6(7-2)12-4/h5-8,13H,9H2,1-4H3;4-6,12H,1-3H3,(H,13,15)(H,14,16);3-5,14H,1-2H3,(H,15,16);3-7,11H,1-2H3;3-6,10H,1-2H3;2*4-7,10-11H,3H2,1-2H3;3H2,1-2H3,(H,7,9). The van der Waals surface area contributed by atoms with Gasteiger partial charge in [-0.15, -0.1) is 20.4 Å². The van der Waals surface area contributed by atoms with E-state index in [1.165, 1.54) is 41.2 Å². The van der Waals surface area contributed by atoms with Gasteiger partial charge in [0.25, 0.3) is 17.7 Å². The van der Waals surface area contributed by atoms with E-state index in [2.05, 4.69) is 104 Å². The third kappa shape index (κ3) is 33.9. The van der Waals surface area contributed by atoms with Crippen molar-refractivity contribution in [3.63, 3.8) is 0 Å². The highest BCUT2D eigenvalue weighted by Gasteiger charge is 2.32. The number of tetrazole rings is 1. The molecule has 0 spiro atoms. The van der Waals surface area contributed by atoms with Crippen LogP contribution in [0.3, 0.4) is 0 Å². The average molecular weight is 1730 g/mol.